The summed E-state index contributed by atoms with van der Waals surface area (Å²) >= 11 is 11.8. The monoisotopic (exact) mass is 362 g/mol. The van der Waals surface area contributed by atoms with Crippen molar-refractivity contribution in [3.63, 3.8) is 0 Å². The minimum atomic E-state index is -0.348. The van der Waals surface area contributed by atoms with Crippen LogP contribution >= 0.6 is 23.2 Å². The number of rotatable bonds is 3. The van der Waals surface area contributed by atoms with Gasteiger partial charge in [0.2, 0.25) is 11.8 Å². The first kappa shape index (κ1) is 16.5. The topological polar surface area (TPSA) is 66.5 Å². The lowest BCUT2D eigenvalue weighted by molar-refractivity contribution is -0.121. The van der Waals surface area contributed by atoms with E-state index >= 15 is 0 Å². The molecule has 1 heterocycles. The third kappa shape index (κ3) is 3.42. The van der Waals surface area contributed by atoms with Gasteiger partial charge in [-0.3, -0.25) is 19.3 Å². The molecule has 2 aromatic rings. The number of nitrogens with one attached hydrogen (secondary N) is 1. The van der Waals surface area contributed by atoms with Gasteiger partial charge in [0, 0.05) is 34.1 Å². The molecule has 7 heteroatoms. The number of halogens is 2. The molecular formula is C17H12Cl2N2O3. The second kappa shape index (κ2) is 6.63. The molecule has 1 fully saturated rings. The number of hydrogen-bond donors (Lipinski definition) is 1. The number of hydrogen-bond acceptors (Lipinski definition) is 3. The Kier molecular flexibility index (Phi) is 4.55. The summed E-state index contributed by atoms with van der Waals surface area (Å²) in [5, 5.41) is 3.52. The lowest BCUT2D eigenvalue weighted by atomic mass is 10.1. The number of carbonyl (C=O) groups excluding carboxylic acids is 3. The number of carbonyl (C=O) groups is 3. The molecule has 0 radical (unpaired) electrons. The minimum absolute atomic E-state index is 0.219. The Morgan fingerprint density at radius 1 is 0.917 bits per heavy atom. The Morgan fingerprint density at radius 3 is 2.00 bits per heavy atom. The number of imide groups is 1. The average molecular weight is 363 g/mol. The van der Waals surface area contributed by atoms with Crippen molar-refractivity contribution < 1.29 is 14.4 Å². The molecule has 0 bridgehead atoms. The van der Waals surface area contributed by atoms with E-state index in [-0.39, 0.29) is 30.6 Å². The fourth-order valence-electron chi connectivity index (χ4n) is 2.46. The quantitative estimate of drug-likeness (QED) is 0.842. The summed E-state index contributed by atoms with van der Waals surface area (Å²) in [6, 6.07) is 11.0. The van der Waals surface area contributed by atoms with Crippen LogP contribution in [0.25, 0.3) is 0 Å². The van der Waals surface area contributed by atoms with Gasteiger partial charge in [-0.2, -0.15) is 0 Å². The third-order valence-electron chi connectivity index (χ3n) is 3.56. The lowest BCUT2D eigenvalue weighted by Crippen LogP contribution is -2.28. The van der Waals surface area contributed by atoms with Crippen LogP contribution < -0.4 is 10.2 Å². The van der Waals surface area contributed by atoms with Crippen molar-refractivity contribution >= 4 is 52.3 Å². The molecule has 0 aromatic heterocycles. The molecule has 2 aromatic carbocycles. The highest BCUT2D eigenvalue weighted by Gasteiger charge is 2.30. The highest BCUT2D eigenvalue weighted by atomic mass is 35.5. The fourth-order valence-corrected chi connectivity index (χ4v) is 2.98. The van der Waals surface area contributed by atoms with E-state index in [4.69, 9.17) is 23.2 Å². The minimum Gasteiger partial charge on any atom is -0.322 e. The zero-order chi connectivity index (χ0) is 17.3. The normalized spacial score (nSPS) is 14.2. The van der Waals surface area contributed by atoms with Crippen molar-refractivity contribution in [1.29, 1.82) is 0 Å². The second-order valence-electron chi connectivity index (χ2n) is 5.28. The largest absolute Gasteiger partial charge is 0.322 e. The maximum atomic E-state index is 12.3. The molecular weight excluding hydrogens is 351 g/mol. The highest BCUT2D eigenvalue weighted by molar-refractivity contribution is 6.35. The molecule has 1 aliphatic rings. The van der Waals surface area contributed by atoms with Gasteiger partial charge in [-0.25, -0.2) is 0 Å². The van der Waals surface area contributed by atoms with Crippen molar-refractivity contribution in [2.75, 3.05) is 10.2 Å². The molecule has 0 atom stereocenters. The molecule has 3 amide bonds. The van der Waals surface area contributed by atoms with Crippen molar-refractivity contribution in [3.05, 3.63) is 58.1 Å². The zero-order valence-electron chi connectivity index (χ0n) is 12.4. The Balaban J connectivity index is 1.76. The summed E-state index contributed by atoms with van der Waals surface area (Å²) in [5.74, 6) is -0.810. The zero-order valence-corrected chi connectivity index (χ0v) is 13.9. The fraction of sp³-hybridized carbons (Fsp3) is 0.118. The van der Waals surface area contributed by atoms with Crippen LogP contribution in [0.1, 0.15) is 23.2 Å². The maximum Gasteiger partial charge on any atom is 0.255 e. The molecule has 3 rings (SSSR count). The van der Waals surface area contributed by atoms with Crippen molar-refractivity contribution in [2.45, 2.75) is 12.8 Å². The first-order valence-electron chi connectivity index (χ1n) is 7.17. The molecule has 5 nitrogen and oxygen atoms in total. The molecule has 0 saturated carbocycles. The lowest BCUT2D eigenvalue weighted by Gasteiger charge is -2.14. The van der Waals surface area contributed by atoms with Gasteiger partial charge in [-0.1, -0.05) is 23.2 Å². The summed E-state index contributed by atoms with van der Waals surface area (Å²) in [6.45, 7) is 0. The smallest absolute Gasteiger partial charge is 0.255 e. The predicted octanol–water partition coefficient (Wildman–Crippen LogP) is 3.90. The van der Waals surface area contributed by atoms with Crippen LogP contribution in [0.15, 0.2) is 42.5 Å². The van der Waals surface area contributed by atoms with Gasteiger partial charge in [0.25, 0.3) is 5.91 Å². The van der Waals surface area contributed by atoms with Crippen LogP contribution in [0.3, 0.4) is 0 Å². The van der Waals surface area contributed by atoms with E-state index in [1.165, 1.54) is 0 Å². The maximum absolute atomic E-state index is 12.3. The van der Waals surface area contributed by atoms with Gasteiger partial charge in [0.1, 0.15) is 0 Å². The average Bonchev–Trinajstić information content (AvgIpc) is 2.85. The standard InChI is InChI=1S/C17H12Cl2N2O3/c18-11-7-12(19)9-13(8-11)20-17(24)10-1-3-14(4-2-10)21-15(22)5-6-16(21)23/h1-4,7-9H,5-6H2,(H,20,24). The van der Waals surface area contributed by atoms with Crippen molar-refractivity contribution in [3.8, 4) is 0 Å². The van der Waals surface area contributed by atoms with Gasteiger partial charge in [-0.05, 0) is 42.5 Å². The SMILES string of the molecule is O=C(Nc1cc(Cl)cc(Cl)c1)c1ccc(N2C(=O)CCC2=O)cc1. The first-order chi connectivity index (χ1) is 11.4. The van der Waals surface area contributed by atoms with E-state index < -0.39 is 0 Å². The molecule has 1 aliphatic heterocycles. The van der Waals surface area contributed by atoms with Crippen LogP contribution in [0, 0.1) is 0 Å². The Morgan fingerprint density at radius 2 is 1.46 bits per heavy atom. The summed E-state index contributed by atoms with van der Waals surface area (Å²) in [7, 11) is 0. The van der Waals surface area contributed by atoms with Crippen molar-refractivity contribution in [1.82, 2.24) is 0 Å². The van der Waals surface area contributed by atoms with Crippen LogP contribution in [0.5, 0.6) is 0 Å². The van der Waals surface area contributed by atoms with Gasteiger partial charge >= 0.3 is 0 Å². The van der Waals surface area contributed by atoms with Crippen LogP contribution in [-0.4, -0.2) is 17.7 Å². The summed E-state index contributed by atoms with van der Waals surface area (Å²) in [5.41, 5.74) is 1.32. The van der Waals surface area contributed by atoms with Gasteiger partial charge in [-0.15, -0.1) is 0 Å². The van der Waals surface area contributed by atoms with E-state index in [0.29, 0.717) is 27.0 Å². The van der Waals surface area contributed by atoms with Gasteiger partial charge in [0.05, 0.1) is 5.69 Å². The molecule has 0 unspecified atom stereocenters. The number of benzene rings is 2. The predicted molar refractivity (Wildman–Crippen MR) is 92.6 cm³/mol. The summed E-state index contributed by atoms with van der Waals surface area (Å²) < 4.78 is 0. The van der Waals surface area contributed by atoms with Crippen LogP contribution in [0.2, 0.25) is 10.0 Å². The van der Waals surface area contributed by atoms with Crippen LogP contribution in [0.4, 0.5) is 11.4 Å². The van der Waals surface area contributed by atoms with E-state index in [9.17, 15) is 14.4 Å². The molecule has 0 aliphatic carbocycles. The first-order valence-corrected chi connectivity index (χ1v) is 7.93. The number of anilines is 2. The highest BCUT2D eigenvalue weighted by Crippen LogP contribution is 2.25. The second-order valence-corrected chi connectivity index (χ2v) is 6.15. The molecule has 1 saturated heterocycles. The summed E-state index contributed by atoms with van der Waals surface area (Å²) in [6.07, 6.45) is 0.438. The third-order valence-corrected chi connectivity index (χ3v) is 4.00. The molecule has 1 N–H and O–H groups in total. The molecule has 0 spiro atoms. The van der Waals surface area contributed by atoms with Crippen LogP contribution in [-0.2, 0) is 9.59 Å². The molecule has 24 heavy (non-hydrogen) atoms. The van der Waals surface area contributed by atoms with Gasteiger partial charge < -0.3 is 5.32 Å². The van der Waals surface area contributed by atoms with Crippen molar-refractivity contribution in [2.24, 2.45) is 0 Å². The van der Waals surface area contributed by atoms with E-state index in [0.717, 1.165) is 4.90 Å². The Bertz CT molecular complexity index is 798. The number of amides is 3. The number of nitrogens with zero attached hydrogens (tertiary/aromatic N) is 1. The summed E-state index contributed by atoms with van der Waals surface area (Å²) in [4.78, 5) is 36.8. The van der Waals surface area contributed by atoms with E-state index in [1.807, 2.05) is 0 Å². The van der Waals surface area contributed by atoms with Gasteiger partial charge in [0.15, 0.2) is 0 Å². The Hall–Kier alpha value is -2.37. The van der Waals surface area contributed by atoms with E-state index in [2.05, 4.69) is 5.32 Å². The van der Waals surface area contributed by atoms with E-state index in [1.54, 1.807) is 42.5 Å². The Labute approximate surface area is 148 Å². The molecule has 122 valence electrons.